The number of nitrogens with zero attached hydrogens (tertiary/aromatic N) is 2. The van der Waals surface area contributed by atoms with Crippen LogP contribution in [0, 0.1) is 0 Å². The molecule has 2 aromatic rings. The van der Waals surface area contributed by atoms with Gasteiger partial charge in [-0.2, -0.15) is 8.42 Å². The van der Waals surface area contributed by atoms with Crippen molar-refractivity contribution < 1.29 is 33.1 Å². The van der Waals surface area contributed by atoms with Crippen molar-refractivity contribution in [3.63, 3.8) is 0 Å². The summed E-state index contributed by atoms with van der Waals surface area (Å²) in [6.45, 7) is 2.59. The van der Waals surface area contributed by atoms with E-state index in [1.165, 1.54) is 25.7 Å². The van der Waals surface area contributed by atoms with E-state index in [1.54, 1.807) is 0 Å². The molecule has 0 aromatic heterocycles. The number of hydrogen-bond acceptors (Lipinski definition) is 8. The first-order chi connectivity index (χ1) is 16.5. The fourth-order valence-electron chi connectivity index (χ4n) is 3.28. The Bertz CT molecular complexity index is 1170. The zero-order valence-corrected chi connectivity index (χ0v) is 20.9. The SMILES string of the molecule is CCCCCCCCCCNC(=O)c1cc(N=Nc2cc(S(=O)(=O)O)cc(Cl)c2O)c(O)cc1O. The summed E-state index contributed by atoms with van der Waals surface area (Å²) in [5.74, 6) is -2.15. The van der Waals surface area contributed by atoms with Gasteiger partial charge in [0, 0.05) is 12.6 Å². The van der Waals surface area contributed by atoms with Crippen LogP contribution in [0.5, 0.6) is 17.2 Å². The molecule has 0 atom stereocenters. The number of aromatic hydroxyl groups is 3. The summed E-state index contributed by atoms with van der Waals surface area (Å²) in [6.07, 6.45) is 8.92. The van der Waals surface area contributed by atoms with Crippen molar-refractivity contribution in [3.05, 3.63) is 34.9 Å². The van der Waals surface area contributed by atoms with E-state index < -0.39 is 48.9 Å². The summed E-state index contributed by atoms with van der Waals surface area (Å²) in [7, 11) is -4.63. The Labute approximate surface area is 209 Å². The molecule has 0 aliphatic rings. The molecular formula is C23H30ClN3O7S. The van der Waals surface area contributed by atoms with Crippen molar-refractivity contribution in [2.24, 2.45) is 10.2 Å². The molecule has 0 heterocycles. The molecule has 2 rings (SSSR count). The molecule has 0 fully saturated rings. The van der Waals surface area contributed by atoms with Gasteiger partial charge in [0.25, 0.3) is 16.0 Å². The third-order valence-electron chi connectivity index (χ3n) is 5.23. The lowest BCUT2D eigenvalue weighted by Gasteiger charge is -2.09. The van der Waals surface area contributed by atoms with E-state index in [2.05, 4.69) is 22.5 Å². The van der Waals surface area contributed by atoms with Crippen LogP contribution in [-0.2, 0) is 10.1 Å². The van der Waals surface area contributed by atoms with Gasteiger partial charge in [0.2, 0.25) is 0 Å². The Kier molecular flexibility index (Phi) is 10.7. The number of phenols is 3. The number of carbonyl (C=O) groups excluding carboxylic acids is 1. The molecule has 1 amide bonds. The summed E-state index contributed by atoms with van der Waals surface area (Å²) in [5, 5.41) is 39.8. The fourth-order valence-corrected chi connectivity index (χ4v) is 4.08. The molecule has 192 valence electrons. The smallest absolute Gasteiger partial charge is 0.294 e. The molecule has 0 radical (unpaired) electrons. The maximum absolute atomic E-state index is 12.5. The Morgan fingerprint density at radius 3 is 2.11 bits per heavy atom. The van der Waals surface area contributed by atoms with Gasteiger partial charge in [-0.15, -0.1) is 10.2 Å². The molecule has 0 saturated heterocycles. The van der Waals surface area contributed by atoms with E-state index in [9.17, 15) is 33.1 Å². The first-order valence-electron chi connectivity index (χ1n) is 11.3. The predicted octanol–water partition coefficient (Wildman–Crippen LogP) is 5.99. The van der Waals surface area contributed by atoms with E-state index in [0.29, 0.717) is 6.54 Å². The van der Waals surface area contributed by atoms with Crippen LogP contribution in [0.25, 0.3) is 0 Å². The second-order valence-electron chi connectivity index (χ2n) is 8.04. The highest BCUT2D eigenvalue weighted by molar-refractivity contribution is 7.85. The highest BCUT2D eigenvalue weighted by Crippen LogP contribution is 2.39. The van der Waals surface area contributed by atoms with Gasteiger partial charge in [0.05, 0.1) is 15.5 Å². The average Bonchev–Trinajstić information content (AvgIpc) is 2.79. The van der Waals surface area contributed by atoms with Gasteiger partial charge in [-0.3, -0.25) is 9.35 Å². The maximum atomic E-state index is 12.5. The number of amides is 1. The number of rotatable bonds is 13. The van der Waals surface area contributed by atoms with E-state index in [4.69, 9.17) is 11.6 Å². The first kappa shape index (κ1) is 28.3. The molecule has 10 nitrogen and oxygen atoms in total. The topological polar surface area (TPSA) is 169 Å². The largest absolute Gasteiger partial charge is 0.507 e. The second kappa shape index (κ2) is 13.3. The zero-order chi connectivity index (χ0) is 26.0. The molecule has 35 heavy (non-hydrogen) atoms. The van der Waals surface area contributed by atoms with E-state index >= 15 is 0 Å². The van der Waals surface area contributed by atoms with Gasteiger partial charge in [0.15, 0.2) is 5.75 Å². The highest BCUT2D eigenvalue weighted by atomic mass is 35.5. The molecular weight excluding hydrogens is 498 g/mol. The lowest BCUT2D eigenvalue weighted by atomic mass is 10.1. The molecule has 0 bridgehead atoms. The number of halogens is 1. The first-order valence-corrected chi connectivity index (χ1v) is 13.1. The Morgan fingerprint density at radius 2 is 1.49 bits per heavy atom. The summed E-state index contributed by atoms with van der Waals surface area (Å²) in [6, 6.07) is 3.68. The molecule has 2 aromatic carbocycles. The summed E-state index contributed by atoms with van der Waals surface area (Å²) < 4.78 is 31.9. The van der Waals surface area contributed by atoms with E-state index in [1.807, 2.05) is 0 Å². The number of nitrogens with one attached hydrogen (secondary N) is 1. The lowest BCUT2D eigenvalue weighted by Crippen LogP contribution is -2.24. The number of azo groups is 1. The number of hydrogen-bond donors (Lipinski definition) is 5. The van der Waals surface area contributed by atoms with E-state index in [-0.39, 0.29) is 11.3 Å². The summed E-state index contributed by atoms with van der Waals surface area (Å²) in [5.41, 5.74) is -0.781. The van der Waals surface area contributed by atoms with Gasteiger partial charge in [0.1, 0.15) is 22.9 Å². The van der Waals surface area contributed by atoms with Gasteiger partial charge in [-0.1, -0.05) is 63.5 Å². The molecule has 0 spiro atoms. The Hall–Kier alpha value is -2.89. The van der Waals surface area contributed by atoms with Crippen LogP contribution in [0.3, 0.4) is 0 Å². The standard InChI is InChI=1S/C23H30ClN3O7S/c1-2-3-4-5-6-7-8-9-10-25-23(31)16-13-18(21(29)14-20(16)28)26-27-19-12-15(35(32,33)34)11-17(24)22(19)30/h11-14,28-30H,2-10H2,1H3,(H,25,31)(H,32,33,34). The number of phenolic OH excluding ortho intramolecular Hbond substituents is 3. The zero-order valence-electron chi connectivity index (χ0n) is 19.4. The molecule has 0 saturated carbocycles. The quantitative estimate of drug-likeness (QED) is 0.121. The van der Waals surface area contributed by atoms with Crippen LogP contribution in [0.4, 0.5) is 11.4 Å². The van der Waals surface area contributed by atoms with Gasteiger partial charge in [-0.05, 0) is 24.6 Å². The average molecular weight is 528 g/mol. The Balaban J connectivity index is 2.06. The predicted molar refractivity (Wildman–Crippen MR) is 132 cm³/mol. The van der Waals surface area contributed by atoms with Crippen LogP contribution in [0.1, 0.15) is 68.6 Å². The minimum absolute atomic E-state index is 0.148. The molecule has 0 aliphatic carbocycles. The van der Waals surface area contributed by atoms with Gasteiger partial charge >= 0.3 is 0 Å². The Morgan fingerprint density at radius 1 is 0.886 bits per heavy atom. The number of benzene rings is 2. The summed E-state index contributed by atoms with van der Waals surface area (Å²) in [4.78, 5) is 11.9. The van der Waals surface area contributed by atoms with Crippen molar-refractivity contribution in [2.75, 3.05) is 6.54 Å². The van der Waals surface area contributed by atoms with Gasteiger partial charge < -0.3 is 20.6 Å². The monoisotopic (exact) mass is 527 g/mol. The third kappa shape index (κ3) is 8.68. The molecule has 5 N–H and O–H groups in total. The second-order valence-corrected chi connectivity index (χ2v) is 9.87. The lowest BCUT2D eigenvalue weighted by molar-refractivity contribution is 0.0950. The van der Waals surface area contributed by atoms with E-state index in [0.717, 1.165) is 49.9 Å². The molecule has 12 heteroatoms. The van der Waals surface area contributed by atoms with Gasteiger partial charge in [-0.25, -0.2) is 0 Å². The number of unbranched alkanes of at least 4 members (excludes halogenated alkanes) is 7. The minimum Gasteiger partial charge on any atom is -0.507 e. The normalized spacial score (nSPS) is 11.7. The van der Waals surface area contributed by atoms with Crippen molar-refractivity contribution in [1.29, 1.82) is 0 Å². The van der Waals surface area contributed by atoms with Crippen LogP contribution in [0.2, 0.25) is 5.02 Å². The third-order valence-corrected chi connectivity index (χ3v) is 6.35. The van der Waals surface area contributed by atoms with Crippen molar-refractivity contribution >= 4 is 39.0 Å². The fraction of sp³-hybridized carbons (Fsp3) is 0.435. The van der Waals surface area contributed by atoms with Crippen molar-refractivity contribution in [3.8, 4) is 17.2 Å². The minimum atomic E-state index is -4.63. The van der Waals surface area contributed by atoms with Crippen LogP contribution in [-0.4, -0.2) is 40.7 Å². The van der Waals surface area contributed by atoms with Crippen LogP contribution >= 0.6 is 11.6 Å². The van der Waals surface area contributed by atoms with Crippen LogP contribution < -0.4 is 5.32 Å². The molecule has 0 unspecified atom stereocenters. The number of carbonyl (C=O) groups is 1. The van der Waals surface area contributed by atoms with Crippen molar-refractivity contribution in [2.45, 2.75) is 63.2 Å². The molecule has 0 aliphatic heterocycles. The maximum Gasteiger partial charge on any atom is 0.294 e. The summed E-state index contributed by atoms with van der Waals surface area (Å²) >= 11 is 5.77. The highest BCUT2D eigenvalue weighted by Gasteiger charge is 2.18. The van der Waals surface area contributed by atoms with Crippen molar-refractivity contribution in [1.82, 2.24) is 5.32 Å². The van der Waals surface area contributed by atoms with Crippen LogP contribution in [0.15, 0.2) is 39.4 Å².